The van der Waals surface area contributed by atoms with Crippen LogP contribution in [0.4, 0.5) is 0 Å². The van der Waals surface area contributed by atoms with Gasteiger partial charge in [0.25, 0.3) is 0 Å². The molecule has 8 heteroatoms. The average molecular weight is 675 g/mol. The van der Waals surface area contributed by atoms with E-state index in [2.05, 4.69) is 68.5 Å². The Morgan fingerprint density at radius 2 is 1.12 bits per heavy atom. The minimum atomic E-state index is -0.892. The third kappa shape index (κ3) is 29.2. The Balaban J connectivity index is 4.49. The van der Waals surface area contributed by atoms with E-state index in [0.717, 1.165) is 38.5 Å². The van der Waals surface area contributed by atoms with Crippen LogP contribution in [0.1, 0.15) is 123 Å². The molecule has 1 N–H and O–H groups in total. The molecule has 0 aromatic rings. The fourth-order valence-electron chi connectivity index (χ4n) is 4.75. The first-order valence-electron chi connectivity index (χ1n) is 18.3. The summed E-state index contributed by atoms with van der Waals surface area (Å²) in [6.07, 6.45) is 35.9. The van der Waals surface area contributed by atoms with Crippen molar-refractivity contribution in [3.05, 3.63) is 60.8 Å². The van der Waals surface area contributed by atoms with Gasteiger partial charge in [0.1, 0.15) is 6.61 Å². The van der Waals surface area contributed by atoms with E-state index < -0.39 is 18.1 Å². The monoisotopic (exact) mass is 674 g/mol. The second kappa shape index (κ2) is 31.3. The van der Waals surface area contributed by atoms with E-state index in [9.17, 15) is 19.5 Å². The van der Waals surface area contributed by atoms with E-state index in [1.54, 1.807) is 0 Å². The highest BCUT2D eigenvalue weighted by Gasteiger charge is 2.31. The Bertz CT molecular complexity index is 975. The molecule has 0 spiro atoms. The second-order valence-corrected chi connectivity index (χ2v) is 13.1. The molecule has 0 amide bonds. The number of carbonyl (C=O) groups excluding carboxylic acids is 2. The zero-order chi connectivity index (χ0) is 35.7. The lowest BCUT2D eigenvalue weighted by Crippen LogP contribution is -2.50. The summed E-state index contributed by atoms with van der Waals surface area (Å²) >= 11 is 0. The maximum atomic E-state index is 12.5. The fraction of sp³-hybridized carbons (Fsp3) is 0.675. The van der Waals surface area contributed by atoms with Crippen molar-refractivity contribution < 1.29 is 38.2 Å². The molecule has 2 unspecified atom stereocenters. The molecular formula is C40H68NO7+. The Labute approximate surface area is 292 Å². The predicted octanol–water partition coefficient (Wildman–Crippen LogP) is 9.07. The summed E-state index contributed by atoms with van der Waals surface area (Å²) in [6, 6.07) is -0.627. The Morgan fingerprint density at radius 1 is 0.625 bits per heavy atom. The van der Waals surface area contributed by atoms with Crippen molar-refractivity contribution in [1.82, 2.24) is 0 Å². The van der Waals surface area contributed by atoms with Crippen LogP contribution in [0.15, 0.2) is 60.8 Å². The summed E-state index contributed by atoms with van der Waals surface area (Å²) in [6.45, 7) is 4.50. The van der Waals surface area contributed by atoms with Gasteiger partial charge in [0.05, 0.1) is 34.4 Å². The first-order chi connectivity index (χ1) is 23.1. The molecule has 0 saturated carbocycles. The van der Waals surface area contributed by atoms with Crippen LogP contribution in [-0.4, -0.2) is 80.6 Å². The van der Waals surface area contributed by atoms with Crippen molar-refractivity contribution in [2.24, 2.45) is 0 Å². The highest BCUT2D eigenvalue weighted by Crippen LogP contribution is 2.10. The number of esters is 2. The van der Waals surface area contributed by atoms with Gasteiger partial charge in [-0.05, 0) is 64.2 Å². The number of allylic oxidation sites excluding steroid dienone is 10. The van der Waals surface area contributed by atoms with Crippen molar-refractivity contribution >= 4 is 17.9 Å². The first kappa shape index (κ1) is 45.0. The van der Waals surface area contributed by atoms with Crippen molar-refractivity contribution in [1.29, 1.82) is 0 Å². The van der Waals surface area contributed by atoms with Crippen LogP contribution >= 0.6 is 0 Å². The van der Waals surface area contributed by atoms with Crippen LogP contribution in [0, 0.1) is 0 Å². The molecular weight excluding hydrogens is 606 g/mol. The number of ether oxygens (including phenoxy) is 3. The van der Waals surface area contributed by atoms with Gasteiger partial charge < -0.3 is 23.8 Å². The van der Waals surface area contributed by atoms with Crippen molar-refractivity contribution in [2.75, 3.05) is 41.0 Å². The molecule has 8 nitrogen and oxygen atoms in total. The Kier molecular flexibility index (Phi) is 29.4. The molecule has 274 valence electrons. The summed E-state index contributed by atoms with van der Waals surface area (Å²) in [5, 5.41) is 9.55. The highest BCUT2D eigenvalue weighted by atomic mass is 16.6. The fourth-order valence-corrected chi connectivity index (χ4v) is 4.75. The lowest BCUT2D eigenvalue weighted by atomic mass is 10.1. The topological polar surface area (TPSA) is 99.1 Å². The van der Waals surface area contributed by atoms with Crippen LogP contribution in [0.3, 0.4) is 0 Å². The number of carboxylic acids is 1. The summed E-state index contributed by atoms with van der Waals surface area (Å²) in [5.41, 5.74) is 0. The Hall–Kier alpha value is -2.97. The molecule has 48 heavy (non-hydrogen) atoms. The second-order valence-electron chi connectivity index (χ2n) is 13.1. The molecule has 0 heterocycles. The molecule has 0 aromatic carbocycles. The van der Waals surface area contributed by atoms with E-state index in [-0.39, 0.29) is 49.1 Å². The van der Waals surface area contributed by atoms with Gasteiger partial charge >= 0.3 is 17.9 Å². The van der Waals surface area contributed by atoms with Gasteiger partial charge in [-0.2, -0.15) is 0 Å². The van der Waals surface area contributed by atoms with Gasteiger partial charge in [-0.1, -0.05) is 100 Å². The largest absolute Gasteiger partial charge is 0.477 e. The smallest absolute Gasteiger partial charge is 0.362 e. The van der Waals surface area contributed by atoms with Gasteiger partial charge in [-0.3, -0.25) is 9.59 Å². The average Bonchev–Trinajstić information content (AvgIpc) is 3.03. The molecule has 0 rings (SSSR count). The minimum Gasteiger partial charge on any atom is -0.477 e. The zero-order valence-electron chi connectivity index (χ0n) is 30.9. The zero-order valence-corrected chi connectivity index (χ0v) is 30.9. The SMILES string of the molecule is CCCCC/C=C/C/C=C/C/C=C/C/C=C/CCCC(=O)OCC(COCCC(C(=O)O)[N+](C)(C)C)OC(=O)CC/C=C/CCCCC. The van der Waals surface area contributed by atoms with Crippen LogP contribution in [0.25, 0.3) is 0 Å². The number of hydrogen-bond donors (Lipinski definition) is 1. The number of nitrogens with zero attached hydrogens (tertiary/aromatic N) is 1. The maximum absolute atomic E-state index is 12.5. The van der Waals surface area contributed by atoms with E-state index >= 15 is 0 Å². The predicted molar refractivity (Wildman–Crippen MR) is 197 cm³/mol. The van der Waals surface area contributed by atoms with Crippen molar-refractivity contribution in [3.8, 4) is 0 Å². The molecule has 2 atom stereocenters. The lowest BCUT2D eigenvalue weighted by Gasteiger charge is -2.31. The summed E-state index contributed by atoms with van der Waals surface area (Å²) in [5.74, 6) is -1.62. The minimum absolute atomic E-state index is 0.0254. The number of carbonyl (C=O) groups is 3. The van der Waals surface area contributed by atoms with Gasteiger partial charge in [-0.15, -0.1) is 0 Å². The van der Waals surface area contributed by atoms with E-state index in [1.807, 2.05) is 27.2 Å². The summed E-state index contributed by atoms with van der Waals surface area (Å²) in [7, 11) is 5.47. The van der Waals surface area contributed by atoms with Gasteiger partial charge in [0, 0.05) is 19.3 Å². The third-order valence-corrected chi connectivity index (χ3v) is 7.65. The number of unbranched alkanes of at least 4 members (excludes halogenated alkanes) is 7. The van der Waals surface area contributed by atoms with Crippen LogP contribution in [-0.2, 0) is 28.6 Å². The first-order valence-corrected chi connectivity index (χ1v) is 18.3. The summed E-state index contributed by atoms with van der Waals surface area (Å²) in [4.78, 5) is 36.5. The molecule has 0 aliphatic rings. The standard InChI is InChI=1S/C40H67NO7/c1-6-8-10-12-14-15-16-17-18-19-20-21-22-23-25-26-28-30-38(42)47-35-36(34-46-33-32-37(40(44)45)41(3,4)5)48-39(43)31-29-27-24-13-11-9-7-2/h14-15,17-18,20-21,23-25,27,36-37H,6-13,16,19,22,26,28-35H2,1-5H3/p+1/b15-14+,18-17+,21-20+,25-23+,27-24+. The van der Waals surface area contributed by atoms with Crippen LogP contribution in [0.2, 0.25) is 0 Å². The summed E-state index contributed by atoms with van der Waals surface area (Å²) < 4.78 is 17.0. The highest BCUT2D eigenvalue weighted by molar-refractivity contribution is 5.72. The molecule has 0 bridgehead atoms. The molecule has 0 fully saturated rings. The maximum Gasteiger partial charge on any atom is 0.362 e. The van der Waals surface area contributed by atoms with E-state index in [1.165, 1.54) is 38.5 Å². The van der Waals surface area contributed by atoms with Crippen LogP contribution < -0.4 is 0 Å². The van der Waals surface area contributed by atoms with Gasteiger partial charge in [-0.25, -0.2) is 4.79 Å². The number of rotatable bonds is 31. The van der Waals surface area contributed by atoms with Gasteiger partial charge in [0.15, 0.2) is 12.1 Å². The quantitative estimate of drug-likeness (QED) is 0.0339. The van der Waals surface area contributed by atoms with Crippen LogP contribution in [0.5, 0.6) is 0 Å². The number of hydrogen-bond acceptors (Lipinski definition) is 6. The normalized spacial score (nSPS) is 13.8. The number of quaternary nitrogens is 1. The van der Waals surface area contributed by atoms with Gasteiger partial charge in [0.2, 0.25) is 0 Å². The van der Waals surface area contributed by atoms with Crippen molar-refractivity contribution in [2.45, 2.75) is 135 Å². The van der Waals surface area contributed by atoms with Crippen molar-refractivity contribution in [3.63, 3.8) is 0 Å². The lowest BCUT2D eigenvalue weighted by molar-refractivity contribution is -0.887. The molecule has 0 aliphatic heterocycles. The molecule has 0 radical (unpaired) electrons. The number of likely N-dealkylation sites (N-methyl/N-ethyl adjacent to an activating group) is 1. The van der Waals surface area contributed by atoms with E-state index in [4.69, 9.17) is 14.2 Å². The third-order valence-electron chi connectivity index (χ3n) is 7.65. The van der Waals surface area contributed by atoms with E-state index in [0.29, 0.717) is 19.3 Å². The Morgan fingerprint density at radius 3 is 1.65 bits per heavy atom. The number of aliphatic carboxylic acids is 1. The molecule has 0 aromatic heterocycles. The molecule has 0 saturated heterocycles. The molecule has 0 aliphatic carbocycles. The number of carboxylic acid groups (broad SMARTS) is 1.